The molecular formula is C22H22F2N2O3S. The third-order valence-corrected chi connectivity index (χ3v) is 5.99. The second kappa shape index (κ2) is 8.39. The van der Waals surface area contributed by atoms with Crippen LogP contribution >= 0.6 is 0 Å². The van der Waals surface area contributed by atoms with E-state index in [0.29, 0.717) is 33.9 Å². The van der Waals surface area contributed by atoms with Gasteiger partial charge in [0.2, 0.25) is 0 Å². The Balaban J connectivity index is 1.97. The fourth-order valence-electron chi connectivity index (χ4n) is 3.37. The van der Waals surface area contributed by atoms with Crippen LogP contribution in [0.15, 0.2) is 53.4 Å². The van der Waals surface area contributed by atoms with Crippen LogP contribution in [0.5, 0.6) is 0 Å². The molecule has 0 aliphatic carbocycles. The molecule has 1 aromatic heterocycles. The first-order valence-electron chi connectivity index (χ1n) is 9.27. The number of alkyl halides is 1. The number of anilines is 1. The van der Waals surface area contributed by atoms with E-state index in [4.69, 9.17) is 0 Å². The van der Waals surface area contributed by atoms with Crippen molar-refractivity contribution >= 4 is 21.4 Å². The normalized spacial score (nSPS) is 11.5. The van der Waals surface area contributed by atoms with Gasteiger partial charge in [-0.05, 0) is 67.9 Å². The Hall–Kier alpha value is -3.00. The van der Waals surface area contributed by atoms with E-state index in [0.717, 1.165) is 6.26 Å². The summed E-state index contributed by atoms with van der Waals surface area (Å²) in [6, 6.07) is 11.8. The zero-order valence-corrected chi connectivity index (χ0v) is 17.7. The van der Waals surface area contributed by atoms with Crippen LogP contribution in [0.2, 0.25) is 0 Å². The SMILES string of the molecule is Cc1cc(F)ccc1-n1c(CCF)cc(C(=O)Nc2ccc(S(C)(=O)=O)cc2)c1C. The average molecular weight is 432 g/mol. The lowest BCUT2D eigenvalue weighted by atomic mass is 10.2. The van der Waals surface area contributed by atoms with Crippen molar-refractivity contribution in [2.45, 2.75) is 25.2 Å². The van der Waals surface area contributed by atoms with E-state index in [1.807, 2.05) is 0 Å². The Morgan fingerprint density at radius 3 is 2.30 bits per heavy atom. The van der Waals surface area contributed by atoms with E-state index in [1.54, 1.807) is 30.5 Å². The van der Waals surface area contributed by atoms with E-state index in [1.165, 1.54) is 36.4 Å². The maximum Gasteiger partial charge on any atom is 0.257 e. The van der Waals surface area contributed by atoms with Crippen molar-refractivity contribution in [3.05, 3.63) is 76.9 Å². The number of aromatic nitrogens is 1. The number of rotatable bonds is 6. The fourth-order valence-corrected chi connectivity index (χ4v) is 4.00. The highest BCUT2D eigenvalue weighted by molar-refractivity contribution is 7.90. The molecule has 0 saturated heterocycles. The number of aryl methyl sites for hydroxylation is 2. The Kier molecular flexibility index (Phi) is 6.07. The van der Waals surface area contributed by atoms with Crippen LogP contribution < -0.4 is 5.32 Å². The van der Waals surface area contributed by atoms with Crippen molar-refractivity contribution in [3.63, 3.8) is 0 Å². The first-order valence-corrected chi connectivity index (χ1v) is 11.2. The predicted molar refractivity (Wildman–Crippen MR) is 112 cm³/mol. The molecule has 3 rings (SSSR count). The summed E-state index contributed by atoms with van der Waals surface area (Å²) >= 11 is 0. The average Bonchev–Trinajstić information content (AvgIpc) is 2.98. The second-order valence-corrected chi connectivity index (χ2v) is 9.11. The van der Waals surface area contributed by atoms with Gasteiger partial charge in [-0.3, -0.25) is 9.18 Å². The maximum absolute atomic E-state index is 13.5. The molecule has 0 saturated carbocycles. The van der Waals surface area contributed by atoms with Crippen molar-refractivity contribution in [1.82, 2.24) is 4.57 Å². The van der Waals surface area contributed by atoms with E-state index in [-0.39, 0.29) is 17.1 Å². The minimum atomic E-state index is -3.33. The summed E-state index contributed by atoms with van der Waals surface area (Å²) in [4.78, 5) is 13.0. The number of hydrogen-bond donors (Lipinski definition) is 1. The van der Waals surface area contributed by atoms with Crippen LogP contribution in [0.4, 0.5) is 14.5 Å². The highest BCUT2D eigenvalue weighted by atomic mass is 32.2. The van der Waals surface area contributed by atoms with Gasteiger partial charge in [-0.15, -0.1) is 0 Å². The highest BCUT2D eigenvalue weighted by Gasteiger charge is 2.20. The van der Waals surface area contributed by atoms with Gasteiger partial charge >= 0.3 is 0 Å². The molecule has 1 amide bonds. The zero-order chi connectivity index (χ0) is 22.1. The first kappa shape index (κ1) is 21.7. The molecule has 0 spiro atoms. The maximum atomic E-state index is 13.5. The zero-order valence-electron chi connectivity index (χ0n) is 16.9. The predicted octanol–water partition coefficient (Wildman–Crippen LogP) is 4.40. The Morgan fingerprint density at radius 2 is 1.73 bits per heavy atom. The van der Waals surface area contributed by atoms with Gasteiger partial charge in [0, 0.05) is 35.4 Å². The number of carbonyl (C=O) groups is 1. The fraction of sp³-hybridized carbons (Fsp3) is 0.227. The summed E-state index contributed by atoms with van der Waals surface area (Å²) < 4.78 is 51.6. The Morgan fingerprint density at radius 1 is 1.07 bits per heavy atom. The van der Waals surface area contributed by atoms with Gasteiger partial charge in [-0.1, -0.05) is 0 Å². The molecule has 0 fully saturated rings. The van der Waals surface area contributed by atoms with E-state index >= 15 is 0 Å². The summed E-state index contributed by atoms with van der Waals surface area (Å²) in [7, 11) is -3.33. The highest BCUT2D eigenvalue weighted by Crippen LogP contribution is 2.26. The van der Waals surface area contributed by atoms with Gasteiger partial charge in [-0.25, -0.2) is 12.8 Å². The van der Waals surface area contributed by atoms with Crippen molar-refractivity contribution in [2.24, 2.45) is 0 Å². The van der Waals surface area contributed by atoms with Crippen molar-refractivity contribution in [3.8, 4) is 5.69 Å². The minimum Gasteiger partial charge on any atom is -0.322 e. The van der Waals surface area contributed by atoms with E-state index < -0.39 is 22.4 Å². The molecule has 0 unspecified atom stereocenters. The van der Waals surface area contributed by atoms with Crippen molar-refractivity contribution in [2.75, 3.05) is 18.2 Å². The van der Waals surface area contributed by atoms with Crippen LogP contribution in [0.3, 0.4) is 0 Å². The van der Waals surface area contributed by atoms with Crippen LogP contribution in [-0.2, 0) is 16.3 Å². The first-order chi connectivity index (χ1) is 14.1. The molecule has 0 atom stereocenters. The number of sulfone groups is 1. The molecule has 0 aliphatic heterocycles. The van der Waals surface area contributed by atoms with Crippen molar-refractivity contribution in [1.29, 1.82) is 0 Å². The molecule has 158 valence electrons. The number of nitrogens with one attached hydrogen (secondary N) is 1. The molecule has 0 aliphatic rings. The molecule has 5 nitrogen and oxygen atoms in total. The molecule has 30 heavy (non-hydrogen) atoms. The molecule has 0 bridgehead atoms. The molecule has 8 heteroatoms. The molecule has 2 aromatic carbocycles. The topological polar surface area (TPSA) is 68.2 Å². The van der Waals surface area contributed by atoms with Gasteiger partial charge in [-0.2, -0.15) is 0 Å². The number of amides is 1. The quantitative estimate of drug-likeness (QED) is 0.628. The minimum absolute atomic E-state index is 0.105. The molecule has 3 aromatic rings. The van der Waals surface area contributed by atoms with E-state index in [9.17, 15) is 22.0 Å². The van der Waals surface area contributed by atoms with Crippen LogP contribution in [0.25, 0.3) is 5.69 Å². The third kappa shape index (κ3) is 4.43. The Bertz CT molecular complexity index is 1200. The number of benzene rings is 2. The molecular weight excluding hydrogens is 410 g/mol. The standard InChI is InChI=1S/C22H22F2N2O3S/c1-14-12-16(24)4-9-21(14)26-15(2)20(13-18(26)10-11-23)22(27)25-17-5-7-19(8-6-17)30(3,28)29/h4-9,12-13H,10-11H2,1-3H3,(H,25,27). The van der Waals surface area contributed by atoms with Gasteiger partial charge < -0.3 is 9.88 Å². The van der Waals surface area contributed by atoms with Gasteiger partial charge in [0.15, 0.2) is 9.84 Å². The van der Waals surface area contributed by atoms with Crippen LogP contribution in [-0.4, -0.2) is 31.8 Å². The number of carbonyl (C=O) groups excluding carboxylic acids is 1. The largest absolute Gasteiger partial charge is 0.322 e. The van der Waals surface area contributed by atoms with E-state index in [2.05, 4.69) is 5.32 Å². The summed E-state index contributed by atoms with van der Waals surface area (Å²) in [5.41, 5.74) is 3.32. The second-order valence-electron chi connectivity index (χ2n) is 7.09. The lowest BCUT2D eigenvalue weighted by molar-refractivity contribution is 0.102. The number of nitrogens with zero attached hydrogens (tertiary/aromatic N) is 1. The Labute approximate surface area is 174 Å². The monoisotopic (exact) mass is 432 g/mol. The van der Waals surface area contributed by atoms with Gasteiger partial charge in [0.25, 0.3) is 5.91 Å². The summed E-state index contributed by atoms with van der Waals surface area (Å²) in [6.07, 6.45) is 1.21. The van der Waals surface area contributed by atoms with Gasteiger partial charge in [0.1, 0.15) is 5.82 Å². The molecule has 0 radical (unpaired) electrons. The summed E-state index contributed by atoms with van der Waals surface area (Å²) in [5.74, 6) is -0.776. The molecule has 1 N–H and O–H groups in total. The third-order valence-electron chi connectivity index (χ3n) is 4.86. The van der Waals surface area contributed by atoms with Crippen LogP contribution in [0.1, 0.15) is 27.3 Å². The van der Waals surface area contributed by atoms with Crippen molar-refractivity contribution < 1.29 is 22.0 Å². The number of hydrogen-bond acceptors (Lipinski definition) is 3. The summed E-state index contributed by atoms with van der Waals surface area (Å²) in [6.45, 7) is 2.89. The van der Waals surface area contributed by atoms with Crippen LogP contribution in [0, 0.1) is 19.7 Å². The van der Waals surface area contributed by atoms with Gasteiger partial charge in [0.05, 0.1) is 17.1 Å². The lowest BCUT2D eigenvalue weighted by Crippen LogP contribution is -2.13. The number of halogens is 2. The molecule has 1 heterocycles. The summed E-state index contributed by atoms with van der Waals surface area (Å²) in [5, 5.41) is 2.73. The smallest absolute Gasteiger partial charge is 0.257 e. The lowest BCUT2D eigenvalue weighted by Gasteiger charge is -2.14.